The van der Waals surface area contributed by atoms with Gasteiger partial charge in [-0.15, -0.1) is 0 Å². The summed E-state index contributed by atoms with van der Waals surface area (Å²) in [5.74, 6) is 0.469. The Bertz CT molecular complexity index is 703. The highest BCUT2D eigenvalue weighted by molar-refractivity contribution is 5.79. The Morgan fingerprint density at radius 1 is 1.22 bits per heavy atom. The minimum Gasteiger partial charge on any atom is -0.395 e. The number of nitrogens with zero attached hydrogens (tertiary/aromatic N) is 5. The van der Waals surface area contributed by atoms with E-state index >= 15 is 0 Å². The topological polar surface area (TPSA) is 84.1 Å². The van der Waals surface area contributed by atoms with Gasteiger partial charge in [-0.05, 0) is 33.8 Å². The van der Waals surface area contributed by atoms with Crippen LogP contribution in [0, 0.1) is 27.7 Å². The summed E-state index contributed by atoms with van der Waals surface area (Å²) >= 11 is 0. The van der Waals surface area contributed by atoms with Crippen LogP contribution in [0.15, 0.2) is 6.07 Å². The standard InChI is InChI=1S/C16H23N5O2/c1-10-8-11(2)18-16(17-10)21-13(4)14(12(3)19-21)9-15(23)20(5)6-7-22/h8,22H,6-7,9H2,1-5H3. The van der Waals surface area contributed by atoms with Crippen LogP contribution in [0.5, 0.6) is 0 Å². The second kappa shape index (κ2) is 6.87. The highest BCUT2D eigenvalue weighted by atomic mass is 16.3. The van der Waals surface area contributed by atoms with E-state index in [1.807, 2.05) is 33.8 Å². The second-order valence-corrected chi connectivity index (χ2v) is 5.73. The van der Waals surface area contributed by atoms with Gasteiger partial charge < -0.3 is 10.0 Å². The van der Waals surface area contributed by atoms with Crippen molar-refractivity contribution in [3.05, 3.63) is 34.4 Å². The monoisotopic (exact) mass is 317 g/mol. The first kappa shape index (κ1) is 17.1. The van der Waals surface area contributed by atoms with E-state index in [-0.39, 0.29) is 18.9 Å². The number of amides is 1. The van der Waals surface area contributed by atoms with E-state index in [2.05, 4.69) is 15.1 Å². The van der Waals surface area contributed by atoms with Crippen molar-refractivity contribution in [1.29, 1.82) is 0 Å². The van der Waals surface area contributed by atoms with E-state index in [4.69, 9.17) is 5.11 Å². The fraction of sp³-hybridized carbons (Fsp3) is 0.500. The SMILES string of the molecule is Cc1cc(C)nc(-n2nc(C)c(CC(=O)N(C)CCO)c2C)n1. The summed E-state index contributed by atoms with van der Waals surface area (Å²) in [6.45, 7) is 7.90. The quantitative estimate of drug-likeness (QED) is 0.885. The molecule has 7 nitrogen and oxygen atoms in total. The summed E-state index contributed by atoms with van der Waals surface area (Å²) in [4.78, 5) is 22.6. The molecular formula is C16H23N5O2. The summed E-state index contributed by atoms with van der Waals surface area (Å²) in [5, 5.41) is 13.4. The average molecular weight is 317 g/mol. The van der Waals surface area contributed by atoms with Crippen molar-refractivity contribution in [2.45, 2.75) is 34.1 Å². The molecular weight excluding hydrogens is 294 g/mol. The van der Waals surface area contributed by atoms with E-state index in [0.717, 1.165) is 28.3 Å². The van der Waals surface area contributed by atoms with Crippen LogP contribution in [-0.2, 0) is 11.2 Å². The number of likely N-dealkylation sites (N-methyl/N-ethyl adjacent to an activating group) is 1. The maximum atomic E-state index is 12.2. The van der Waals surface area contributed by atoms with Gasteiger partial charge in [0.2, 0.25) is 5.91 Å². The Labute approximate surface area is 136 Å². The molecule has 0 aliphatic heterocycles. The van der Waals surface area contributed by atoms with E-state index < -0.39 is 0 Å². The minimum atomic E-state index is -0.0499. The summed E-state index contributed by atoms with van der Waals surface area (Å²) in [6, 6.07) is 1.91. The third-order valence-corrected chi connectivity index (χ3v) is 3.79. The van der Waals surface area contributed by atoms with Crippen molar-refractivity contribution in [1.82, 2.24) is 24.6 Å². The van der Waals surface area contributed by atoms with Gasteiger partial charge in [0, 0.05) is 36.2 Å². The van der Waals surface area contributed by atoms with Gasteiger partial charge in [0.1, 0.15) is 0 Å². The third kappa shape index (κ3) is 3.73. The van der Waals surface area contributed by atoms with Gasteiger partial charge in [0.25, 0.3) is 5.95 Å². The summed E-state index contributed by atoms with van der Waals surface area (Å²) < 4.78 is 1.68. The third-order valence-electron chi connectivity index (χ3n) is 3.79. The van der Waals surface area contributed by atoms with Crippen LogP contribution in [0.3, 0.4) is 0 Å². The first-order valence-electron chi connectivity index (χ1n) is 7.56. The molecule has 7 heteroatoms. The van der Waals surface area contributed by atoms with Crippen molar-refractivity contribution in [3.63, 3.8) is 0 Å². The molecule has 2 aromatic heterocycles. The number of aromatic nitrogens is 4. The molecule has 0 unspecified atom stereocenters. The number of aliphatic hydroxyl groups excluding tert-OH is 1. The van der Waals surface area contributed by atoms with Crippen LogP contribution < -0.4 is 0 Å². The lowest BCUT2D eigenvalue weighted by Crippen LogP contribution is -2.31. The number of aliphatic hydroxyl groups is 1. The molecule has 2 aromatic rings. The molecule has 23 heavy (non-hydrogen) atoms. The highest BCUT2D eigenvalue weighted by Gasteiger charge is 2.19. The highest BCUT2D eigenvalue weighted by Crippen LogP contribution is 2.17. The molecule has 124 valence electrons. The predicted molar refractivity (Wildman–Crippen MR) is 86.5 cm³/mol. The van der Waals surface area contributed by atoms with Gasteiger partial charge in [0.05, 0.1) is 18.7 Å². The van der Waals surface area contributed by atoms with E-state index in [9.17, 15) is 4.79 Å². The van der Waals surface area contributed by atoms with E-state index in [1.54, 1.807) is 11.7 Å². The number of hydrogen-bond acceptors (Lipinski definition) is 5. The first-order chi connectivity index (χ1) is 10.8. The molecule has 0 fully saturated rings. The summed E-state index contributed by atoms with van der Waals surface area (Å²) in [7, 11) is 1.68. The lowest BCUT2D eigenvalue weighted by molar-refractivity contribution is -0.129. The predicted octanol–water partition coefficient (Wildman–Crippen LogP) is 0.889. The van der Waals surface area contributed by atoms with E-state index in [0.29, 0.717) is 12.5 Å². The first-order valence-corrected chi connectivity index (χ1v) is 7.56. The molecule has 0 saturated carbocycles. The van der Waals surface area contributed by atoms with Gasteiger partial charge in [-0.2, -0.15) is 5.10 Å². The zero-order valence-corrected chi connectivity index (χ0v) is 14.3. The normalized spacial score (nSPS) is 10.9. The molecule has 0 spiro atoms. The number of carbonyl (C=O) groups excluding carboxylic acids is 1. The number of carbonyl (C=O) groups is 1. The summed E-state index contributed by atoms with van der Waals surface area (Å²) in [6.07, 6.45) is 0.249. The minimum absolute atomic E-state index is 0.0458. The Morgan fingerprint density at radius 3 is 2.39 bits per heavy atom. The lowest BCUT2D eigenvalue weighted by atomic mass is 10.1. The molecule has 0 aliphatic rings. The zero-order valence-electron chi connectivity index (χ0n) is 14.3. The molecule has 0 aromatic carbocycles. The molecule has 0 aliphatic carbocycles. The molecule has 2 rings (SSSR count). The van der Waals surface area contributed by atoms with Crippen molar-refractivity contribution < 1.29 is 9.90 Å². The van der Waals surface area contributed by atoms with Gasteiger partial charge in [-0.3, -0.25) is 4.79 Å². The van der Waals surface area contributed by atoms with Crippen LogP contribution in [0.25, 0.3) is 5.95 Å². The van der Waals surface area contributed by atoms with Crippen LogP contribution in [-0.4, -0.2) is 55.9 Å². The Kier molecular flexibility index (Phi) is 5.10. The molecule has 1 N–H and O–H groups in total. The number of hydrogen-bond donors (Lipinski definition) is 1. The van der Waals surface area contributed by atoms with Crippen LogP contribution in [0.2, 0.25) is 0 Å². The van der Waals surface area contributed by atoms with Gasteiger partial charge >= 0.3 is 0 Å². The van der Waals surface area contributed by atoms with Gasteiger partial charge in [0.15, 0.2) is 0 Å². The number of rotatable bonds is 5. The second-order valence-electron chi connectivity index (χ2n) is 5.73. The molecule has 1 amide bonds. The number of aryl methyl sites for hydroxylation is 3. The van der Waals surface area contributed by atoms with Crippen molar-refractivity contribution >= 4 is 5.91 Å². The smallest absolute Gasteiger partial charge is 0.251 e. The fourth-order valence-electron chi connectivity index (χ4n) is 2.49. The molecule has 0 radical (unpaired) electrons. The van der Waals surface area contributed by atoms with Gasteiger partial charge in [-0.25, -0.2) is 14.6 Å². The van der Waals surface area contributed by atoms with Crippen LogP contribution in [0.1, 0.15) is 28.3 Å². The van der Waals surface area contributed by atoms with Crippen molar-refractivity contribution in [2.24, 2.45) is 0 Å². The summed E-state index contributed by atoms with van der Waals surface area (Å²) in [5.41, 5.74) is 4.28. The van der Waals surface area contributed by atoms with Crippen LogP contribution in [0.4, 0.5) is 0 Å². The Morgan fingerprint density at radius 2 is 1.83 bits per heavy atom. The lowest BCUT2D eigenvalue weighted by Gasteiger charge is -2.15. The molecule has 2 heterocycles. The Balaban J connectivity index is 2.34. The Hall–Kier alpha value is -2.28. The van der Waals surface area contributed by atoms with E-state index in [1.165, 1.54) is 4.90 Å². The molecule has 0 bridgehead atoms. The molecule has 0 saturated heterocycles. The zero-order chi connectivity index (χ0) is 17.1. The van der Waals surface area contributed by atoms with Crippen LogP contribution >= 0.6 is 0 Å². The molecule has 0 atom stereocenters. The largest absolute Gasteiger partial charge is 0.395 e. The maximum absolute atomic E-state index is 12.2. The fourth-order valence-corrected chi connectivity index (χ4v) is 2.49. The van der Waals surface area contributed by atoms with Crippen molar-refractivity contribution in [3.8, 4) is 5.95 Å². The van der Waals surface area contributed by atoms with Crippen molar-refractivity contribution in [2.75, 3.05) is 20.2 Å². The maximum Gasteiger partial charge on any atom is 0.251 e. The average Bonchev–Trinajstić information content (AvgIpc) is 2.74. The van der Waals surface area contributed by atoms with Gasteiger partial charge in [-0.1, -0.05) is 0 Å².